The Morgan fingerprint density at radius 2 is 1.65 bits per heavy atom. The van der Waals surface area contributed by atoms with Gasteiger partial charge in [-0.15, -0.1) is 0 Å². The molecule has 162 valence electrons. The third kappa shape index (κ3) is 5.53. The van der Waals surface area contributed by atoms with Crippen LogP contribution in [0.1, 0.15) is 22.1 Å². The number of amides is 2. The Balaban J connectivity index is 1.69. The van der Waals surface area contributed by atoms with Crippen molar-refractivity contribution in [3.63, 3.8) is 0 Å². The molecule has 2 aromatic carbocycles. The molecule has 0 saturated heterocycles. The van der Waals surface area contributed by atoms with E-state index in [2.05, 4.69) is 10.6 Å². The second-order valence-corrected chi connectivity index (χ2v) is 9.38. The molecule has 0 fully saturated rings. The van der Waals surface area contributed by atoms with Crippen LogP contribution >= 0.6 is 11.6 Å². The Labute approximate surface area is 185 Å². The lowest BCUT2D eigenvalue weighted by Crippen LogP contribution is -2.42. The topological polar surface area (TPSA) is 105 Å². The quantitative estimate of drug-likeness (QED) is 0.527. The number of hydrogen-bond donors (Lipinski definition) is 2. The predicted octanol–water partition coefficient (Wildman–Crippen LogP) is 3.19. The molecular formula is C22H21ClN2O5S. The van der Waals surface area contributed by atoms with Crippen molar-refractivity contribution in [1.29, 1.82) is 0 Å². The van der Waals surface area contributed by atoms with Gasteiger partial charge in [-0.25, -0.2) is 8.42 Å². The van der Waals surface area contributed by atoms with Gasteiger partial charge in [0.2, 0.25) is 0 Å². The van der Waals surface area contributed by atoms with Crippen LogP contribution in [0.3, 0.4) is 0 Å². The molecular weight excluding hydrogens is 440 g/mol. The van der Waals surface area contributed by atoms with E-state index in [1.54, 1.807) is 42.5 Å². The Kier molecular flexibility index (Phi) is 7.14. The standard InChI is InChI=1S/C22H21ClN2O5S/c1-15-8-10-17(11-9-15)31(28,29)20(19-7-4-12-30-19)14-25-22(27)21(26)24-13-16-5-2-3-6-18(16)23/h2-12,20H,13-14H2,1H3,(H,24,26)(H,25,27)/t20-/m0/s1. The van der Waals surface area contributed by atoms with Crippen LogP contribution in [0, 0.1) is 6.92 Å². The Bertz CT molecular complexity index is 1160. The molecule has 0 saturated carbocycles. The predicted molar refractivity (Wildman–Crippen MR) is 116 cm³/mol. The molecule has 0 aliphatic heterocycles. The number of carbonyl (C=O) groups is 2. The first-order valence-corrected chi connectivity index (χ1v) is 11.3. The first-order chi connectivity index (χ1) is 14.8. The molecule has 3 aromatic rings. The van der Waals surface area contributed by atoms with E-state index in [0.29, 0.717) is 10.6 Å². The third-order valence-corrected chi connectivity index (χ3v) is 7.08. The second kappa shape index (κ2) is 9.80. The van der Waals surface area contributed by atoms with Crippen LogP contribution in [-0.2, 0) is 26.0 Å². The van der Waals surface area contributed by atoms with E-state index in [1.165, 1.54) is 24.5 Å². The summed E-state index contributed by atoms with van der Waals surface area (Å²) in [6, 6.07) is 16.4. The maximum absolute atomic E-state index is 13.1. The van der Waals surface area contributed by atoms with Gasteiger partial charge in [-0.05, 0) is 42.8 Å². The van der Waals surface area contributed by atoms with Gasteiger partial charge in [0.25, 0.3) is 0 Å². The SMILES string of the molecule is Cc1ccc(S(=O)(=O)[C@@H](CNC(=O)C(=O)NCc2ccccc2Cl)c2ccco2)cc1. The fourth-order valence-corrected chi connectivity index (χ4v) is 4.68. The van der Waals surface area contributed by atoms with Gasteiger partial charge in [0, 0.05) is 18.1 Å². The van der Waals surface area contributed by atoms with E-state index < -0.39 is 26.9 Å². The monoisotopic (exact) mass is 460 g/mol. The summed E-state index contributed by atoms with van der Waals surface area (Å²) in [4.78, 5) is 24.5. The van der Waals surface area contributed by atoms with Crippen molar-refractivity contribution in [3.8, 4) is 0 Å². The summed E-state index contributed by atoms with van der Waals surface area (Å²) in [5.41, 5.74) is 1.57. The van der Waals surface area contributed by atoms with Crippen molar-refractivity contribution in [3.05, 3.63) is 88.8 Å². The molecule has 31 heavy (non-hydrogen) atoms. The van der Waals surface area contributed by atoms with Crippen molar-refractivity contribution in [1.82, 2.24) is 10.6 Å². The molecule has 0 aliphatic carbocycles. The van der Waals surface area contributed by atoms with Crippen molar-refractivity contribution in [2.45, 2.75) is 23.6 Å². The molecule has 0 aliphatic rings. The van der Waals surface area contributed by atoms with Gasteiger partial charge in [-0.3, -0.25) is 9.59 Å². The Morgan fingerprint density at radius 3 is 2.29 bits per heavy atom. The lowest BCUT2D eigenvalue weighted by Gasteiger charge is -2.17. The largest absolute Gasteiger partial charge is 0.468 e. The number of aryl methyl sites for hydroxylation is 1. The summed E-state index contributed by atoms with van der Waals surface area (Å²) in [5.74, 6) is -1.69. The van der Waals surface area contributed by atoms with E-state index in [4.69, 9.17) is 16.0 Å². The van der Waals surface area contributed by atoms with Crippen LogP contribution in [0.15, 0.2) is 76.2 Å². The van der Waals surface area contributed by atoms with Gasteiger partial charge in [0.05, 0.1) is 11.2 Å². The zero-order valence-electron chi connectivity index (χ0n) is 16.7. The fourth-order valence-electron chi connectivity index (χ4n) is 2.89. The van der Waals surface area contributed by atoms with Crippen LogP contribution in [-0.4, -0.2) is 26.8 Å². The van der Waals surface area contributed by atoms with E-state index >= 15 is 0 Å². The minimum absolute atomic E-state index is 0.0647. The van der Waals surface area contributed by atoms with E-state index in [9.17, 15) is 18.0 Å². The summed E-state index contributed by atoms with van der Waals surface area (Å²) in [6.07, 6.45) is 1.35. The average molecular weight is 461 g/mol. The molecule has 1 aromatic heterocycles. The van der Waals surface area contributed by atoms with Gasteiger partial charge in [-0.1, -0.05) is 47.5 Å². The first kappa shape index (κ1) is 22.6. The number of carbonyl (C=O) groups excluding carboxylic acids is 2. The van der Waals surface area contributed by atoms with Gasteiger partial charge >= 0.3 is 11.8 Å². The maximum Gasteiger partial charge on any atom is 0.309 e. The normalized spacial score (nSPS) is 12.2. The van der Waals surface area contributed by atoms with Crippen LogP contribution in [0.5, 0.6) is 0 Å². The van der Waals surface area contributed by atoms with Crippen LogP contribution in [0.4, 0.5) is 0 Å². The number of sulfone groups is 1. The minimum Gasteiger partial charge on any atom is -0.468 e. The highest BCUT2D eigenvalue weighted by molar-refractivity contribution is 7.91. The molecule has 9 heteroatoms. The molecule has 1 heterocycles. The number of rotatable bonds is 7. The highest BCUT2D eigenvalue weighted by Crippen LogP contribution is 2.29. The highest BCUT2D eigenvalue weighted by atomic mass is 35.5. The lowest BCUT2D eigenvalue weighted by molar-refractivity contribution is -0.139. The summed E-state index contributed by atoms with van der Waals surface area (Å²) in [6.45, 7) is 1.58. The number of halogens is 1. The number of hydrogen-bond acceptors (Lipinski definition) is 5. The van der Waals surface area contributed by atoms with E-state index in [-0.39, 0.29) is 23.7 Å². The van der Waals surface area contributed by atoms with Gasteiger partial charge in [-0.2, -0.15) is 0 Å². The molecule has 0 spiro atoms. The van der Waals surface area contributed by atoms with Crippen LogP contribution in [0.25, 0.3) is 0 Å². The number of furan rings is 1. The first-order valence-electron chi connectivity index (χ1n) is 9.42. The zero-order chi connectivity index (χ0) is 22.4. The summed E-state index contributed by atoms with van der Waals surface area (Å²) < 4.78 is 31.6. The zero-order valence-corrected chi connectivity index (χ0v) is 18.2. The van der Waals surface area contributed by atoms with E-state index in [1.807, 2.05) is 6.92 Å². The van der Waals surface area contributed by atoms with Crippen molar-refractivity contribution in [2.24, 2.45) is 0 Å². The number of nitrogens with one attached hydrogen (secondary N) is 2. The number of benzene rings is 2. The summed E-state index contributed by atoms with van der Waals surface area (Å²) in [5, 5.41) is 4.13. The highest BCUT2D eigenvalue weighted by Gasteiger charge is 2.32. The summed E-state index contributed by atoms with van der Waals surface area (Å²) >= 11 is 6.04. The smallest absolute Gasteiger partial charge is 0.309 e. The molecule has 7 nitrogen and oxygen atoms in total. The molecule has 2 amide bonds. The van der Waals surface area contributed by atoms with Crippen molar-refractivity contribution >= 4 is 33.3 Å². The minimum atomic E-state index is -3.88. The fraction of sp³-hybridized carbons (Fsp3) is 0.182. The van der Waals surface area contributed by atoms with Crippen LogP contribution in [0.2, 0.25) is 5.02 Å². The Hall–Kier alpha value is -3.10. The maximum atomic E-state index is 13.1. The van der Waals surface area contributed by atoms with E-state index in [0.717, 1.165) is 5.56 Å². The van der Waals surface area contributed by atoms with Crippen LogP contribution < -0.4 is 10.6 Å². The van der Waals surface area contributed by atoms with Crippen molar-refractivity contribution < 1.29 is 22.4 Å². The molecule has 0 radical (unpaired) electrons. The van der Waals surface area contributed by atoms with Crippen molar-refractivity contribution in [2.75, 3.05) is 6.54 Å². The van der Waals surface area contributed by atoms with Gasteiger partial charge in [0.15, 0.2) is 9.84 Å². The molecule has 2 N–H and O–H groups in total. The second-order valence-electron chi connectivity index (χ2n) is 6.85. The Morgan fingerprint density at radius 1 is 0.968 bits per heavy atom. The molecule has 3 rings (SSSR count). The lowest BCUT2D eigenvalue weighted by atomic mass is 10.2. The molecule has 1 atom stereocenters. The van der Waals surface area contributed by atoms with Gasteiger partial charge < -0.3 is 15.1 Å². The molecule has 0 unspecified atom stereocenters. The summed E-state index contributed by atoms with van der Waals surface area (Å²) in [7, 11) is -3.88. The third-order valence-electron chi connectivity index (χ3n) is 4.64. The van der Waals surface area contributed by atoms with Gasteiger partial charge in [0.1, 0.15) is 11.0 Å². The molecule has 0 bridgehead atoms. The average Bonchev–Trinajstić information content (AvgIpc) is 3.27.